The molecule has 2 heteroatoms. The highest BCUT2D eigenvalue weighted by molar-refractivity contribution is 9.10. The third-order valence-electron chi connectivity index (χ3n) is 2.88. The number of hydrogen-bond acceptors (Lipinski definition) is 1. The van der Waals surface area contributed by atoms with Gasteiger partial charge in [0.2, 0.25) is 0 Å². The van der Waals surface area contributed by atoms with E-state index in [1.54, 1.807) is 0 Å². The highest BCUT2D eigenvalue weighted by atomic mass is 79.9. The summed E-state index contributed by atoms with van der Waals surface area (Å²) >= 11 is 3.46. The Hall–Kier alpha value is -0.340. The average molecular weight is 270 g/mol. The van der Waals surface area contributed by atoms with Gasteiger partial charge in [-0.3, -0.25) is 0 Å². The molecule has 0 heterocycles. The molecule has 0 aliphatic carbocycles. The predicted octanol–water partition coefficient (Wildman–Crippen LogP) is 3.72. The number of likely N-dealkylation sites (N-methyl/N-ethyl adjacent to an activating group) is 1. The van der Waals surface area contributed by atoms with E-state index in [1.807, 2.05) is 0 Å². The Kier molecular flexibility index (Phi) is 5.34. The van der Waals surface area contributed by atoms with Crippen LogP contribution in [-0.4, -0.2) is 24.0 Å². The summed E-state index contributed by atoms with van der Waals surface area (Å²) in [4.78, 5) is 2.49. The Bertz CT molecular complexity index is 277. The van der Waals surface area contributed by atoms with E-state index in [1.165, 1.54) is 5.56 Å². The zero-order valence-electron chi connectivity index (χ0n) is 9.83. The summed E-state index contributed by atoms with van der Waals surface area (Å²) in [6.45, 7) is 9.01. The summed E-state index contributed by atoms with van der Waals surface area (Å²) in [5.41, 5.74) is 1.41. The van der Waals surface area contributed by atoms with Gasteiger partial charge in [-0.15, -0.1) is 0 Å². The van der Waals surface area contributed by atoms with Gasteiger partial charge in [0.1, 0.15) is 0 Å². The molecule has 0 saturated heterocycles. The first-order valence-corrected chi connectivity index (χ1v) is 6.45. The van der Waals surface area contributed by atoms with Gasteiger partial charge < -0.3 is 4.90 Å². The third kappa shape index (κ3) is 3.96. The lowest BCUT2D eigenvalue weighted by Crippen LogP contribution is -2.34. The molecule has 1 rings (SSSR count). The quantitative estimate of drug-likeness (QED) is 0.788. The van der Waals surface area contributed by atoms with Crippen molar-refractivity contribution in [3.63, 3.8) is 0 Å². The van der Waals surface area contributed by atoms with Crippen LogP contribution in [0, 0.1) is 0 Å². The largest absolute Gasteiger partial charge is 0.301 e. The van der Waals surface area contributed by atoms with E-state index in [4.69, 9.17) is 0 Å². The van der Waals surface area contributed by atoms with Crippen LogP contribution in [0.5, 0.6) is 0 Å². The second-order valence-electron chi connectivity index (χ2n) is 3.90. The van der Waals surface area contributed by atoms with Gasteiger partial charge in [0.15, 0.2) is 0 Å². The van der Waals surface area contributed by atoms with Gasteiger partial charge in [-0.2, -0.15) is 0 Å². The van der Waals surface area contributed by atoms with E-state index in [0.717, 1.165) is 24.0 Å². The van der Waals surface area contributed by atoms with Gasteiger partial charge in [0, 0.05) is 10.5 Å². The number of nitrogens with zero attached hydrogens (tertiary/aromatic N) is 1. The molecule has 0 aliphatic rings. The summed E-state index contributed by atoms with van der Waals surface area (Å²) in [5.74, 6) is 0. The SMILES string of the molecule is CCN(CC)C(C)Cc1ccc(Br)cc1. The van der Waals surface area contributed by atoms with Crippen LogP contribution < -0.4 is 0 Å². The molecule has 0 bridgehead atoms. The molecule has 1 aromatic carbocycles. The number of halogens is 1. The van der Waals surface area contributed by atoms with Crippen LogP contribution in [0.15, 0.2) is 28.7 Å². The van der Waals surface area contributed by atoms with Crippen LogP contribution in [0.4, 0.5) is 0 Å². The molecule has 0 aromatic heterocycles. The Balaban J connectivity index is 2.57. The molecular weight excluding hydrogens is 250 g/mol. The van der Waals surface area contributed by atoms with E-state index in [9.17, 15) is 0 Å². The highest BCUT2D eigenvalue weighted by Gasteiger charge is 2.10. The van der Waals surface area contributed by atoms with E-state index in [-0.39, 0.29) is 0 Å². The maximum Gasteiger partial charge on any atom is 0.0175 e. The van der Waals surface area contributed by atoms with Crippen molar-refractivity contribution in [1.29, 1.82) is 0 Å². The Labute approximate surface area is 102 Å². The molecule has 84 valence electrons. The van der Waals surface area contributed by atoms with Gasteiger partial charge in [-0.1, -0.05) is 41.9 Å². The monoisotopic (exact) mass is 269 g/mol. The summed E-state index contributed by atoms with van der Waals surface area (Å²) in [5, 5.41) is 0. The third-order valence-corrected chi connectivity index (χ3v) is 3.41. The molecule has 1 aromatic rings. The van der Waals surface area contributed by atoms with Gasteiger partial charge in [0.25, 0.3) is 0 Å². The van der Waals surface area contributed by atoms with E-state index in [0.29, 0.717) is 6.04 Å². The summed E-state index contributed by atoms with van der Waals surface area (Å²) < 4.78 is 1.15. The number of rotatable bonds is 5. The zero-order chi connectivity index (χ0) is 11.3. The van der Waals surface area contributed by atoms with Crippen LogP contribution in [-0.2, 0) is 6.42 Å². The lowest BCUT2D eigenvalue weighted by molar-refractivity contribution is 0.230. The molecule has 0 saturated carbocycles. The van der Waals surface area contributed by atoms with Crippen molar-refractivity contribution >= 4 is 15.9 Å². The van der Waals surface area contributed by atoms with Crippen LogP contribution in [0.3, 0.4) is 0 Å². The van der Waals surface area contributed by atoms with Crippen molar-refractivity contribution in [2.24, 2.45) is 0 Å². The fraction of sp³-hybridized carbons (Fsp3) is 0.538. The Morgan fingerprint density at radius 1 is 1.13 bits per heavy atom. The second kappa shape index (κ2) is 6.29. The van der Waals surface area contributed by atoms with Crippen LogP contribution >= 0.6 is 15.9 Å². The van der Waals surface area contributed by atoms with Gasteiger partial charge >= 0.3 is 0 Å². The van der Waals surface area contributed by atoms with E-state index < -0.39 is 0 Å². The Morgan fingerprint density at radius 3 is 2.13 bits per heavy atom. The minimum Gasteiger partial charge on any atom is -0.301 e. The molecule has 0 spiro atoms. The summed E-state index contributed by atoms with van der Waals surface area (Å²) in [7, 11) is 0. The molecule has 1 nitrogen and oxygen atoms in total. The van der Waals surface area contributed by atoms with Crippen molar-refractivity contribution in [1.82, 2.24) is 4.90 Å². The van der Waals surface area contributed by atoms with Crippen LogP contribution in [0.2, 0.25) is 0 Å². The number of benzene rings is 1. The maximum atomic E-state index is 3.46. The van der Waals surface area contributed by atoms with Crippen molar-refractivity contribution < 1.29 is 0 Å². The molecule has 1 atom stereocenters. The fourth-order valence-corrected chi connectivity index (χ4v) is 2.20. The number of hydrogen-bond donors (Lipinski definition) is 0. The molecule has 1 unspecified atom stereocenters. The predicted molar refractivity (Wildman–Crippen MR) is 70.2 cm³/mol. The minimum atomic E-state index is 0.626. The molecule has 0 N–H and O–H groups in total. The topological polar surface area (TPSA) is 3.24 Å². The van der Waals surface area contributed by atoms with E-state index >= 15 is 0 Å². The molecule has 0 amide bonds. The van der Waals surface area contributed by atoms with Crippen molar-refractivity contribution in [2.75, 3.05) is 13.1 Å². The van der Waals surface area contributed by atoms with Crippen molar-refractivity contribution in [2.45, 2.75) is 33.2 Å². The molecule has 0 aliphatic heterocycles. The average Bonchev–Trinajstić information content (AvgIpc) is 2.23. The van der Waals surface area contributed by atoms with Gasteiger partial charge in [-0.05, 0) is 44.1 Å². The van der Waals surface area contributed by atoms with E-state index in [2.05, 4.69) is 65.9 Å². The van der Waals surface area contributed by atoms with Crippen molar-refractivity contribution in [3.8, 4) is 0 Å². The minimum absolute atomic E-state index is 0.626. The van der Waals surface area contributed by atoms with Crippen LogP contribution in [0.1, 0.15) is 26.3 Å². The summed E-state index contributed by atoms with van der Waals surface area (Å²) in [6.07, 6.45) is 1.13. The fourth-order valence-electron chi connectivity index (χ4n) is 1.94. The molecule has 0 fully saturated rings. The standard InChI is InChI=1S/C13H20BrN/c1-4-15(5-2)11(3)10-12-6-8-13(14)9-7-12/h6-9,11H,4-5,10H2,1-3H3. The maximum absolute atomic E-state index is 3.46. The lowest BCUT2D eigenvalue weighted by Gasteiger charge is -2.26. The second-order valence-corrected chi connectivity index (χ2v) is 4.82. The first-order chi connectivity index (χ1) is 7.17. The Morgan fingerprint density at radius 2 is 1.67 bits per heavy atom. The first-order valence-electron chi connectivity index (χ1n) is 5.65. The molecule has 15 heavy (non-hydrogen) atoms. The first kappa shape index (κ1) is 12.7. The highest BCUT2D eigenvalue weighted by Crippen LogP contribution is 2.13. The van der Waals surface area contributed by atoms with Crippen molar-refractivity contribution in [3.05, 3.63) is 34.3 Å². The smallest absolute Gasteiger partial charge is 0.0175 e. The lowest BCUT2D eigenvalue weighted by atomic mass is 10.1. The van der Waals surface area contributed by atoms with Crippen LogP contribution in [0.25, 0.3) is 0 Å². The summed E-state index contributed by atoms with van der Waals surface area (Å²) in [6, 6.07) is 9.25. The molecular formula is C13H20BrN. The van der Waals surface area contributed by atoms with Gasteiger partial charge in [-0.25, -0.2) is 0 Å². The van der Waals surface area contributed by atoms with Gasteiger partial charge in [0.05, 0.1) is 0 Å². The normalized spacial score (nSPS) is 13.1. The zero-order valence-corrected chi connectivity index (χ0v) is 11.4. The molecule has 0 radical (unpaired) electrons.